The number of halogens is 1. The van der Waals surface area contributed by atoms with Crippen LogP contribution < -0.4 is 5.32 Å². The number of nitrogens with zero attached hydrogens (tertiary/aromatic N) is 4. The third kappa shape index (κ3) is 3.19. The molecular weight excluding hydrogens is 367 g/mol. The smallest absolute Gasteiger partial charge is 0.156 e. The molecule has 1 aliphatic rings. The molecule has 1 aliphatic heterocycles. The standard InChI is InChI=1S/C22H25FN6/c1-12-7-17(28-29-11-13(2)25-21(12)29)15-8-16(23)19-18(9-15)26-20(27-19)14-5-6-24-22(3,4)10-14/h7-9,11,14,24H,5-6,10H2,1-4H3,(H,26,27). The van der Waals surface area contributed by atoms with Gasteiger partial charge in [0.1, 0.15) is 11.3 Å². The molecule has 150 valence electrons. The zero-order valence-electron chi connectivity index (χ0n) is 17.2. The molecule has 4 heterocycles. The molecule has 2 N–H and O–H groups in total. The van der Waals surface area contributed by atoms with Crippen molar-refractivity contribution in [3.63, 3.8) is 0 Å². The van der Waals surface area contributed by atoms with Gasteiger partial charge in [0, 0.05) is 17.0 Å². The van der Waals surface area contributed by atoms with E-state index in [1.165, 1.54) is 6.07 Å². The summed E-state index contributed by atoms with van der Waals surface area (Å²) in [7, 11) is 0. The van der Waals surface area contributed by atoms with E-state index in [4.69, 9.17) is 0 Å². The van der Waals surface area contributed by atoms with Gasteiger partial charge in [0.25, 0.3) is 0 Å². The summed E-state index contributed by atoms with van der Waals surface area (Å²) in [6, 6.07) is 5.42. The Hall–Kier alpha value is -2.80. The lowest BCUT2D eigenvalue weighted by Crippen LogP contribution is -2.45. The molecule has 1 saturated heterocycles. The van der Waals surface area contributed by atoms with E-state index in [1.54, 1.807) is 4.52 Å². The van der Waals surface area contributed by atoms with Crippen LogP contribution in [0.4, 0.5) is 4.39 Å². The summed E-state index contributed by atoms with van der Waals surface area (Å²) in [5.74, 6) is 0.845. The molecule has 1 unspecified atom stereocenters. The number of hydrogen-bond donors (Lipinski definition) is 2. The summed E-state index contributed by atoms with van der Waals surface area (Å²) >= 11 is 0. The van der Waals surface area contributed by atoms with Gasteiger partial charge in [-0.2, -0.15) is 5.10 Å². The van der Waals surface area contributed by atoms with Gasteiger partial charge >= 0.3 is 0 Å². The van der Waals surface area contributed by atoms with Gasteiger partial charge in [-0.25, -0.2) is 18.9 Å². The summed E-state index contributed by atoms with van der Waals surface area (Å²) in [5.41, 5.74) is 5.35. The molecule has 1 aromatic carbocycles. The van der Waals surface area contributed by atoms with E-state index in [1.807, 2.05) is 32.2 Å². The minimum absolute atomic E-state index is 0.0609. The maximum Gasteiger partial charge on any atom is 0.156 e. The molecule has 29 heavy (non-hydrogen) atoms. The second kappa shape index (κ2) is 6.35. The molecule has 1 atom stereocenters. The highest BCUT2D eigenvalue weighted by atomic mass is 19.1. The Kier molecular flexibility index (Phi) is 4.00. The fourth-order valence-electron chi connectivity index (χ4n) is 4.43. The van der Waals surface area contributed by atoms with E-state index < -0.39 is 0 Å². The predicted molar refractivity (Wildman–Crippen MR) is 112 cm³/mol. The number of piperidine rings is 1. The third-order valence-electron chi connectivity index (χ3n) is 5.82. The Morgan fingerprint density at radius 3 is 2.79 bits per heavy atom. The number of aromatic amines is 1. The molecule has 4 aromatic rings. The van der Waals surface area contributed by atoms with Crippen molar-refractivity contribution in [2.75, 3.05) is 6.54 Å². The Morgan fingerprint density at radius 1 is 1.17 bits per heavy atom. The Balaban J connectivity index is 1.58. The van der Waals surface area contributed by atoms with E-state index in [0.29, 0.717) is 22.6 Å². The number of H-pyrrole nitrogens is 1. The molecule has 0 spiro atoms. The number of hydrogen-bond acceptors (Lipinski definition) is 4. The van der Waals surface area contributed by atoms with Crippen LogP contribution in [0.5, 0.6) is 0 Å². The van der Waals surface area contributed by atoms with Crippen LogP contribution in [-0.4, -0.2) is 36.6 Å². The number of nitrogens with one attached hydrogen (secondary N) is 2. The van der Waals surface area contributed by atoms with Gasteiger partial charge in [-0.15, -0.1) is 0 Å². The minimum atomic E-state index is -0.324. The summed E-state index contributed by atoms with van der Waals surface area (Å²) in [5, 5.41) is 8.16. The number of aromatic nitrogens is 5. The van der Waals surface area contributed by atoms with Crippen LogP contribution in [0, 0.1) is 19.7 Å². The molecule has 0 radical (unpaired) electrons. The average molecular weight is 392 g/mol. The van der Waals surface area contributed by atoms with Gasteiger partial charge in [-0.1, -0.05) is 0 Å². The van der Waals surface area contributed by atoms with E-state index in [2.05, 4.69) is 39.2 Å². The zero-order valence-corrected chi connectivity index (χ0v) is 17.2. The van der Waals surface area contributed by atoms with Gasteiger partial charge < -0.3 is 10.3 Å². The average Bonchev–Trinajstić information content (AvgIpc) is 3.24. The van der Waals surface area contributed by atoms with E-state index >= 15 is 0 Å². The number of aryl methyl sites for hydroxylation is 2. The van der Waals surface area contributed by atoms with Crippen molar-refractivity contribution >= 4 is 16.7 Å². The highest BCUT2D eigenvalue weighted by molar-refractivity contribution is 5.82. The van der Waals surface area contributed by atoms with Gasteiger partial charge in [0.05, 0.1) is 23.1 Å². The SMILES string of the molecule is Cc1cn2nc(-c3cc(F)c4nc(C5CCNC(C)(C)C5)[nH]c4c3)cc(C)c2n1. The maximum absolute atomic E-state index is 14.9. The Bertz CT molecular complexity index is 1240. The van der Waals surface area contributed by atoms with Crippen molar-refractivity contribution in [2.45, 2.75) is 52.0 Å². The quantitative estimate of drug-likeness (QED) is 0.534. The van der Waals surface area contributed by atoms with Crippen LogP contribution >= 0.6 is 0 Å². The second-order valence-corrected chi connectivity index (χ2v) is 8.84. The lowest BCUT2D eigenvalue weighted by Gasteiger charge is -2.35. The molecule has 7 heteroatoms. The molecule has 5 rings (SSSR count). The highest BCUT2D eigenvalue weighted by Crippen LogP contribution is 2.33. The van der Waals surface area contributed by atoms with Gasteiger partial charge in [-0.05, 0) is 70.8 Å². The number of benzene rings is 1. The molecule has 0 bridgehead atoms. The summed E-state index contributed by atoms with van der Waals surface area (Å²) in [6.07, 6.45) is 3.85. The van der Waals surface area contributed by atoms with Crippen molar-refractivity contribution in [1.29, 1.82) is 0 Å². The van der Waals surface area contributed by atoms with E-state index in [0.717, 1.165) is 47.7 Å². The number of rotatable bonds is 2. The molecule has 3 aromatic heterocycles. The summed E-state index contributed by atoms with van der Waals surface area (Å²) in [4.78, 5) is 12.5. The molecule has 1 fully saturated rings. The molecule has 6 nitrogen and oxygen atoms in total. The summed E-state index contributed by atoms with van der Waals surface area (Å²) < 4.78 is 16.7. The van der Waals surface area contributed by atoms with E-state index in [-0.39, 0.29) is 11.4 Å². The first-order chi connectivity index (χ1) is 13.8. The van der Waals surface area contributed by atoms with Crippen LogP contribution in [-0.2, 0) is 0 Å². The van der Waals surface area contributed by atoms with Crippen molar-refractivity contribution < 1.29 is 4.39 Å². The van der Waals surface area contributed by atoms with Gasteiger partial charge in [0.15, 0.2) is 11.5 Å². The van der Waals surface area contributed by atoms with Crippen LogP contribution in [0.1, 0.15) is 49.7 Å². The monoisotopic (exact) mass is 392 g/mol. The van der Waals surface area contributed by atoms with Gasteiger partial charge in [0.2, 0.25) is 0 Å². The van der Waals surface area contributed by atoms with E-state index in [9.17, 15) is 4.39 Å². The number of imidazole rings is 2. The van der Waals surface area contributed by atoms with Crippen molar-refractivity contribution in [3.05, 3.63) is 47.3 Å². The fraction of sp³-hybridized carbons (Fsp3) is 0.409. The predicted octanol–water partition coefficient (Wildman–Crippen LogP) is 4.27. The maximum atomic E-state index is 14.9. The van der Waals surface area contributed by atoms with Gasteiger partial charge in [-0.3, -0.25) is 0 Å². The largest absolute Gasteiger partial charge is 0.342 e. The fourth-order valence-corrected chi connectivity index (χ4v) is 4.43. The van der Waals surface area contributed by atoms with Crippen LogP contribution in [0.25, 0.3) is 27.9 Å². The lowest BCUT2D eigenvalue weighted by molar-refractivity contribution is 0.270. The van der Waals surface area contributed by atoms with Crippen LogP contribution in [0.3, 0.4) is 0 Å². The highest BCUT2D eigenvalue weighted by Gasteiger charge is 2.30. The normalized spacial score (nSPS) is 19.3. The van der Waals surface area contributed by atoms with Crippen molar-refractivity contribution in [2.24, 2.45) is 0 Å². The molecular formula is C22H25FN6. The van der Waals surface area contributed by atoms with Crippen LogP contribution in [0.2, 0.25) is 0 Å². The molecule has 0 amide bonds. The second-order valence-electron chi connectivity index (χ2n) is 8.84. The third-order valence-corrected chi connectivity index (χ3v) is 5.82. The van der Waals surface area contributed by atoms with Crippen LogP contribution in [0.15, 0.2) is 24.4 Å². The molecule has 0 saturated carbocycles. The first-order valence-corrected chi connectivity index (χ1v) is 10.1. The minimum Gasteiger partial charge on any atom is -0.342 e. The van der Waals surface area contributed by atoms with Crippen molar-refractivity contribution in [3.8, 4) is 11.3 Å². The first kappa shape index (κ1) is 18.2. The molecule has 0 aliphatic carbocycles. The lowest BCUT2D eigenvalue weighted by atomic mass is 9.84. The topological polar surface area (TPSA) is 70.9 Å². The zero-order chi connectivity index (χ0) is 20.3. The Labute approximate surface area is 168 Å². The van der Waals surface area contributed by atoms with Crippen molar-refractivity contribution in [1.82, 2.24) is 29.9 Å². The Morgan fingerprint density at radius 2 is 2.00 bits per heavy atom. The first-order valence-electron chi connectivity index (χ1n) is 10.1. The summed E-state index contributed by atoms with van der Waals surface area (Å²) in [6.45, 7) is 9.27. The number of fused-ring (bicyclic) bond motifs is 2.